The van der Waals surface area contributed by atoms with Crippen LogP contribution >= 0.6 is 0 Å². The molecule has 3 aliphatic rings. The van der Waals surface area contributed by atoms with Crippen molar-refractivity contribution in [1.29, 1.82) is 0 Å². The maximum Gasteiger partial charge on any atom is 0.307 e. The molecule has 3 fully saturated rings. The number of carboxylic acids is 1. The van der Waals surface area contributed by atoms with Crippen molar-refractivity contribution >= 4 is 11.9 Å². The molecule has 3 atom stereocenters. The van der Waals surface area contributed by atoms with Crippen LogP contribution in [0.15, 0.2) is 0 Å². The lowest BCUT2D eigenvalue weighted by molar-refractivity contribution is -0.150. The van der Waals surface area contributed by atoms with E-state index in [-0.39, 0.29) is 11.8 Å². The monoisotopic (exact) mass is 293 g/mol. The summed E-state index contributed by atoms with van der Waals surface area (Å²) >= 11 is 0. The Balaban J connectivity index is 1.69. The third-order valence-corrected chi connectivity index (χ3v) is 5.93. The number of nitrogens with zero attached hydrogens (tertiary/aromatic N) is 1. The molecule has 1 N–H and O–H groups in total. The fourth-order valence-corrected chi connectivity index (χ4v) is 4.84. The Morgan fingerprint density at radius 2 is 1.52 bits per heavy atom. The summed E-state index contributed by atoms with van der Waals surface area (Å²) in [5.74, 6) is -0.668. The zero-order valence-electron chi connectivity index (χ0n) is 12.8. The minimum Gasteiger partial charge on any atom is -0.481 e. The predicted octanol–water partition coefficient (Wildman–Crippen LogP) is 3.06. The van der Waals surface area contributed by atoms with Crippen molar-refractivity contribution < 1.29 is 14.7 Å². The molecule has 1 unspecified atom stereocenters. The van der Waals surface area contributed by atoms with Crippen LogP contribution in [0.2, 0.25) is 0 Å². The second kappa shape index (κ2) is 6.37. The summed E-state index contributed by atoms with van der Waals surface area (Å²) in [6, 6.07) is 0.396. The number of hydrogen-bond donors (Lipinski definition) is 1. The van der Waals surface area contributed by atoms with E-state index in [0.717, 1.165) is 32.2 Å². The van der Waals surface area contributed by atoms with E-state index in [9.17, 15) is 14.7 Å². The Morgan fingerprint density at radius 3 is 2.24 bits per heavy atom. The fourth-order valence-electron chi connectivity index (χ4n) is 4.84. The molecule has 2 aliphatic carbocycles. The van der Waals surface area contributed by atoms with Crippen molar-refractivity contribution in [2.45, 2.75) is 70.3 Å². The van der Waals surface area contributed by atoms with Gasteiger partial charge < -0.3 is 10.0 Å². The third-order valence-electron chi connectivity index (χ3n) is 5.93. The van der Waals surface area contributed by atoms with Crippen LogP contribution in [0.4, 0.5) is 0 Å². The van der Waals surface area contributed by atoms with Crippen molar-refractivity contribution in [3.8, 4) is 0 Å². The van der Waals surface area contributed by atoms with Crippen LogP contribution in [0, 0.1) is 17.8 Å². The molecule has 0 bridgehead atoms. The second-order valence-electron chi connectivity index (χ2n) is 7.12. The smallest absolute Gasteiger partial charge is 0.307 e. The van der Waals surface area contributed by atoms with Gasteiger partial charge in [0.25, 0.3) is 0 Å². The van der Waals surface area contributed by atoms with E-state index in [0.29, 0.717) is 18.4 Å². The van der Waals surface area contributed by atoms with E-state index in [1.165, 1.54) is 32.1 Å². The summed E-state index contributed by atoms with van der Waals surface area (Å²) in [6.45, 7) is 0.850. The molecule has 1 saturated heterocycles. The van der Waals surface area contributed by atoms with Crippen LogP contribution < -0.4 is 0 Å². The van der Waals surface area contributed by atoms with E-state index in [4.69, 9.17) is 0 Å². The van der Waals surface area contributed by atoms with Gasteiger partial charge in [-0.2, -0.15) is 0 Å². The van der Waals surface area contributed by atoms with Gasteiger partial charge in [-0.25, -0.2) is 0 Å². The van der Waals surface area contributed by atoms with Crippen molar-refractivity contribution in [3.63, 3.8) is 0 Å². The van der Waals surface area contributed by atoms with Gasteiger partial charge in [-0.1, -0.05) is 25.7 Å². The van der Waals surface area contributed by atoms with Gasteiger partial charge in [-0.15, -0.1) is 0 Å². The van der Waals surface area contributed by atoms with E-state index in [2.05, 4.69) is 4.90 Å². The zero-order valence-corrected chi connectivity index (χ0v) is 12.8. The van der Waals surface area contributed by atoms with Crippen LogP contribution in [0.5, 0.6) is 0 Å². The first-order valence-electron chi connectivity index (χ1n) is 8.72. The Labute approximate surface area is 126 Å². The number of rotatable bonds is 3. The molecular formula is C17H27NO3. The lowest BCUT2D eigenvalue weighted by Crippen LogP contribution is -2.45. The minimum absolute atomic E-state index is 0.146. The minimum atomic E-state index is -0.778. The number of amides is 1. The van der Waals surface area contributed by atoms with Gasteiger partial charge in [-0.3, -0.25) is 9.59 Å². The summed E-state index contributed by atoms with van der Waals surface area (Å²) in [6.07, 6.45) is 11.0. The van der Waals surface area contributed by atoms with Crippen LogP contribution in [0.1, 0.15) is 64.2 Å². The average molecular weight is 293 g/mol. The summed E-state index contributed by atoms with van der Waals surface area (Å²) in [7, 11) is 0. The van der Waals surface area contributed by atoms with E-state index < -0.39 is 11.9 Å². The van der Waals surface area contributed by atoms with Crippen molar-refractivity contribution in [2.75, 3.05) is 6.54 Å². The highest BCUT2D eigenvalue weighted by molar-refractivity contribution is 5.85. The predicted molar refractivity (Wildman–Crippen MR) is 79.8 cm³/mol. The van der Waals surface area contributed by atoms with Crippen LogP contribution in [0.3, 0.4) is 0 Å². The zero-order chi connectivity index (χ0) is 14.8. The Hall–Kier alpha value is -1.06. The van der Waals surface area contributed by atoms with E-state index in [1.807, 2.05) is 0 Å². The molecule has 0 spiro atoms. The van der Waals surface area contributed by atoms with Gasteiger partial charge in [0.15, 0.2) is 0 Å². The summed E-state index contributed by atoms with van der Waals surface area (Å²) in [4.78, 5) is 26.3. The van der Waals surface area contributed by atoms with Crippen molar-refractivity contribution in [1.82, 2.24) is 4.90 Å². The number of carbonyl (C=O) groups is 2. The van der Waals surface area contributed by atoms with Gasteiger partial charge in [-0.05, 0) is 44.4 Å². The number of aliphatic carboxylic acids is 1. The third kappa shape index (κ3) is 2.95. The first kappa shape index (κ1) is 14.9. The highest BCUT2D eigenvalue weighted by Crippen LogP contribution is 2.38. The SMILES string of the molecule is O=C(O)[C@H]1CCC[C@H]1C(=O)N1CCCC1C1CCCCC1. The first-order valence-corrected chi connectivity index (χ1v) is 8.72. The summed E-state index contributed by atoms with van der Waals surface area (Å²) in [5.41, 5.74) is 0. The molecular weight excluding hydrogens is 266 g/mol. The standard InChI is InChI=1S/C17H27NO3/c19-16(13-8-4-9-14(13)17(20)21)18-11-5-10-15(18)12-6-2-1-3-7-12/h12-15H,1-11H2,(H,20,21)/t13-,14+,15?/m1/s1. The molecule has 4 heteroatoms. The van der Waals surface area contributed by atoms with Gasteiger partial charge in [0.2, 0.25) is 5.91 Å². The quantitative estimate of drug-likeness (QED) is 0.870. The topological polar surface area (TPSA) is 57.6 Å². The van der Waals surface area contributed by atoms with E-state index >= 15 is 0 Å². The molecule has 0 aromatic carbocycles. The summed E-state index contributed by atoms with van der Waals surface area (Å²) < 4.78 is 0. The highest BCUT2D eigenvalue weighted by atomic mass is 16.4. The van der Waals surface area contributed by atoms with Gasteiger partial charge >= 0.3 is 5.97 Å². The van der Waals surface area contributed by atoms with Gasteiger partial charge in [0.1, 0.15) is 0 Å². The Morgan fingerprint density at radius 1 is 0.810 bits per heavy atom. The van der Waals surface area contributed by atoms with Crippen LogP contribution in [-0.4, -0.2) is 34.5 Å². The maximum atomic E-state index is 12.9. The average Bonchev–Trinajstić information content (AvgIpc) is 3.16. The molecule has 1 amide bonds. The number of carboxylic acid groups (broad SMARTS) is 1. The lowest BCUT2D eigenvalue weighted by Gasteiger charge is -2.35. The fraction of sp³-hybridized carbons (Fsp3) is 0.882. The Kier molecular flexibility index (Phi) is 4.51. The maximum absolute atomic E-state index is 12.9. The number of carbonyl (C=O) groups excluding carboxylic acids is 1. The van der Waals surface area contributed by atoms with Crippen LogP contribution in [-0.2, 0) is 9.59 Å². The number of hydrogen-bond acceptors (Lipinski definition) is 2. The second-order valence-corrected chi connectivity index (χ2v) is 7.12. The molecule has 21 heavy (non-hydrogen) atoms. The van der Waals surface area contributed by atoms with E-state index in [1.54, 1.807) is 0 Å². The van der Waals surface area contributed by atoms with Crippen molar-refractivity contribution in [2.24, 2.45) is 17.8 Å². The molecule has 0 radical (unpaired) electrons. The molecule has 1 aliphatic heterocycles. The number of likely N-dealkylation sites (tertiary alicyclic amines) is 1. The first-order chi connectivity index (χ1) is 10.2. The Bertz CT molecular complexity index is 403. The molecule has 4 nitrogen and oxygen atoms in total. The van der Waals surface area contributed by atoms with Crippen molar-refractivity contribution in [3.05, 3.63) is 0 Å². The molecule has 0 aromatic heterocycles. The molecule has 1 heterocycles. The molecule has 3 rings (SSSR count). The normalized spacial score (nSPS) is 34.3. The molecule has 2 saturated carbocycles. The van der Waals surface area contributed by atoms with Crippen LogP contribution in [0.25, 0.3) is 0 Å². The van der Waals surface area contributed by atoms with Gasteiger partial charge in [0, 0.05) is 12.6 Å². The molecule has 118 valence electrons. The van der Waals surface area contributed by atoms with Gasteiger partial charge in [0.05, 0.1) is 11.8 Å². The summed E-state index contributed by atoms with van der Waals surface area (Å²) in [5, 5.41) is 9.32. The highest BCUT2D eigenvalue weighted by Gasteiger charge is 2.43. The largest absolute Gasteiger partial charge is 0.481 e. The molecule has 0 aromatic rings. The lowest BCUT2D eigenvalue weighted by atomic mass is 9.82.